The van der Waals surface area contributed by atoms with Crippen molar-refractivity contribution in [3.8, 4) is 5.75 Å². The van der Waals surface area contributed by atoms with E-state index in [1.54, 1.807) is 25.4 Å². The number of hydrogen-bond donors (Lipinski definition) is 0. The minimum absolute atomic E-state index is 0.0214. The standard InChI is InChI=1S/C8H9NO/c1-9-6-7-4-2-3-5-8(7)10/h2-6,10H,1H3/p-1. The van der Waals surface area contributed by atoms with Gasteiger partial charge in [-0.2, -0.15) is 0 Å². The maximum Gasteiger partial charge on any atom is 0.0277 e. The predicted molar refractivity (Wildman–Crippen MR) is 39.4 cm³/mol. The van der Waals surface area contributed by atoms with Gasteiger partial charge in [0, 0.05) is 13.3 Å². The molecule has 52 valence electrons. The zero-order valence-electron chi connectivity index (χ0n) is 5.74. The molecule has 0 heterocycles. The second kappa shape index (κ2) is 3.01. The van der Waals surface area contributed by atoms with Gasteiger partial charge in [-0.05, 0) is 5.56 Å². The summed E-state index contributed by atoms with van der Waals surface area (Å²) >= 11 is 0. The Kier molecular flexibility index (Phi) is 2.05. The molecule has 1 aromatic carbocycles. The molecular formula is C8H8NO-. The first-order valence-corrected chi connectivity index (χ1v) is 3.03. The molecule has 0 unspecified atom stereocenters. The molecule has 2 nitrogen and oxygen atoms in total. The van der Waals surface area contributed by atoms with Crippen LogP contribution in [0.25, 0.3) is 0 Å². The first-order chi connectivity index (χ1) is 4.84. The average Bonchev–Trinajstić information content (AvgIpc) is 1.94. The van der Waals surface area contributed by atoms with Crippen LogP contribution in [0.5, 0.6) is 5.75 Å². The van der Waals surface area contributed by atoms with Crippen molar-refractivity contribution in [3.63, 3.8) is 0 Å². The third-order valence-electron chi connectivity index (χ3n) is 1.19. The van der Waals surface area contributed by atoms with Crippen LogP contribution in [0.4, 0.5) is 0 Å². The molecule has 0 spiro atoms. The molecule has 0 aromatic heterocycles. The van der Waals surface area contributed by atoms with E-state index in [1.807, 2.05) is 6.07 Å². The molecule has 0 aliphatic carbocycles. The molecule has 0 amide bonds. The minimum atomic E-state index is 0.0214. The van der Waals surface area contributed by atoms with Crippen molar-refractivity contribution < 1.29 is 5.11 Å². The maximum atomic E-state index is 10.9. The molecule has 0 aliphatic heterocycles. The number of aliphatic imine (C=N–C) groups is 1. The van der Waals surface area contributed by atoms with Crippen molar-refractivity contribution in [2.75, 3.05) is 7.05 Å². The Balaban J connectivity index is 3.03. The summed E-state index contributed by atoms with van der Waals surface area (Å²) in [4.78, 5) is 3.74. The SMILES string of the molecule is CN=Cc1ccccc1[O-]. The molecule has 0 saturated heterocycles. The van der Waals surface area contributed by atoms with Gasteiger partial charge in [0.05, 0.1) is 0 Å². The fourth-order valence-electron chi connectivity index (χ4n) is 0.726. The van der Waals surface area contributed by atoms with Gasteiger partial charge in [0.1, 0.15) is 0 Å². The molecule has 0 aliphatic rings. The second-order valence-electron chi connectivity index (χ2n) is 1.93. The van der Waals surface area contributed by atoms with Crippen LogP contribution >= 0.6 is 0 Å². The van der Waals surface area contributed by atoms with Gasteiger partial charge < -0.3 is 5.11 Å². The molecular weight excluding hydrogens is 126 g/mol. The van der Waals surface area contributed by atoms with Crippen molar-refractivity contribution in [1.82, 2.24) is 0 Å². The zero-order valence-corrected chi connectivity index (χ0v) is 5.74. The first-order valence-electron chi connectivity index (χ1n) is 3.03. The molecule has 10 heavy (non-hydrogen) atoms. The Bertz CT molecular complexity index is 243. The van der Waals surface area contributed by atoms with Crippen molar-refractivity contribution in [2.24, 2.45) is 4.99 Å². The highest BCUT2D eigenvalue weighted by Gasteiger charge is 1.83. The van der Waals surface area contributed by atoms with E-state index in [-0.39, 0.29) is 5.75 Å². The fraction of sp³-hybridized carbons (Fsp3) is 0.125. The summed E-state index contributed by atoms with van der Waals surface area (Å²) < 4.78 is 0. The van der Waals surface area contributed by atoms with Gasteiger partial charge in [-0.1, -0.05) is 24.3 Å². The van der Waals surface area contributed by atoms with Crippen molar-refractivity contribution in [2.45, 2.75) is 0 Å². The lowest BCUT2D eigenvalue weighted by atomic mass is 10.2. The van der Waals surface area contributed by atoms with Crippen molar-refractivity contribution in [3.05, 3.63) is 29.8 Å². The van der Waals surface area contributed by atoms with Crippen LogP contribution in [0, 0.1) is 0 Å². The normalized spacial score (nSPS) is 10.5. The summed E-state index contributed by atoms with van der Waals surface area (Å²) in [5.74, 6) is 0.0214. The maximum absolute atomic E-state index is 10.9. The van der Waals surface area contributed by atoms with Gasteiger partial charge in [0.15, 0.2) is 0 Å². The van der Waals surface area contributed by atoms with Gasteiger partial charge in [0.25, 0.3) is 0 Å². The van der Waals surface area contributed by atoms with Gasteiger partial charge >= 0.3 is 0 Å². The lowest BCUT2D eigenvalue weighted by Crippen LogP contribution is -1.94. The summed E-state index contributed by atoms with van der Waals surface area (Å²) in [6.07, 6.45) is 1.56. The smallest absolute Gasteiger partial charge is 0.0277 e. The average molecular weight is 134 g/mol. The Labute approximate surface area is 59.9 Å². The number of rotatable bonds is 1. The van der Waals surface area contributed by atoms with E-state index in [0.29, 0.717) is 5.56 Å². The van der Waals surface area contributed by atoms with Crippen LogP contribution in [-0.2, 0) is 0 Å². The summed E-state index contributed by atoms with van der Waals surface area (Å²) in [7, 11) is 1.65. The predicted octanol–water partition coefficient (Wildman–Crippen LogP) is 0.809. The fourth-order valence-corrected chi connectivity index (χ4v) is 0.726. The molecule has 1 rings (SSSR count). The Morgan fingerprint density at radius 3 is 2.70 bits per heavy atom. The first kappa shape index (κ1) is 6.81. The molecule has 0 N–H and O–H groups in total. The third kappa shape index (κ3) is 1.35. The molecule has 0 bridgehead atoms. The topological polar surface area (TPSA) is 35.4 Å². The van der Waals surface area contributed by atoms with Crippen molar-refractivity contribution in [1.29, 1.82) is 0 Å². The van der Waals surface area contributed by atoms with Gasteiger partial charge in [-0.15, -0.1) is 5.75 Å². The summed E-state index contributed by atoms with van der Waals surface area (Å²) in [5, 5.41) is 10.9. The van der Waals surface area contributed by atoms with Crippen LogP contribution in [0.2, 0.25) is 0 Å². The highest BCUT2D eigenvalue weighted by Crippen LogP contribution is 2.08. The Hall–Kier alpha value is -1.31. The Morgan fingerprint density at radius 1 is 1.40 bits per heavy atom. The Morgan fingerprint density at radius 2 is 2.10 bits per heavy atom. The van der Waals surface area contributed by atoms with Gasteiger partial charge in [-0.25, -0.2) is 0 Å². The zero-order chi connectivity index (χ0) is 7.40. The molecule has 0 atom stereocenters. The van der Waals surface area contributed by atoms with E-state index in [2.05, 4.69) is 4.99 Å². The van der Waals surface area contributed by atoms with E-state index in [9.17, 15) is 5.11 Å². The van der Waals surface area contributed by atoms with E-state index in [4.69, 9.17) is 0 Å². The molecule has 2 heteroatoms. The molecule has 1 aromatic rings. The van der Waals surface area contributed by atoms with Crippen LogP contribution in [-0.4, -0.2) is 13.3 Å². The van der Waals surface area contributed by atoms with Crippen molar-refractivity contribution >= 4 is 6.21 Å². The van der Waals surface area contributed by atoms with Crippen LogP contribution < -0.4 is 5.11 Å². The highest BCUT2D eigenvalue weighted by atomic mass is 16.3. The summed E-state index contributed by atoms with van der Waals surface area (Å²) in [6, 6.07) is 6.81. The summed E-state index contributed by atoms with van der Waals surface area (Å²) in [6.45, 7) is 0. The third-order valence-corrected chi connectivity index (χ3v) is 1.19. The number of nitrogens with zero attached hydrogens (tertiary/aromatic N) is 1. The monoisotopic (exact) mass is 134 g/mol. The van der Waals surface area contributed by atoms with Gasteiger partial charge in [-0.3, -0.25) is 4.99 Å². The molecule has 0 radical (unpaired) electrons. The number of benzene rings is 1. The minimum Gasteiger partial charge on any atom is -0.872 e. The summed E-state index contributed by atoms with van der Waals surface area (Å²) in [5.41, 5.74) is 0.644. The lowest BCUT2D eigenvalue weighted by molar-refractivity contribution is -0.268. The van der Waals surface area contributed by atoms with E-state index >= 15 is 0 Å². The van der Waals surface area contributed by atoms with Crippen LogP contribution in [0.1, 0.15) is 5.56 Å². The van der Waals surface area contributed by atoms with Crippen LogP contribution in [0.3, 0.4) is 0 Å². The van der Waals surface area contributed by atoms with Gasteiger partial charge in [0.2, 0.25) is 0 Å². The molecule has 0 fully saturated rings. The largest absolute Gasteiger partial charge is 0.872 e. The lowest BCUT2D eigenvalue weighted by Gasteiger charge is -2.06. The quantitative estimate of drug-likeness (QED) is 0.523. The number of hydrogen-bond acceptors (Lipinski definition) is 2. The number of para-hydroxylation sites is 1. The van der Waals surface area contributed by atoms with Crippen LogP contribution in [0.15, 0.2) is 29.3 Å². The highest BCUT2D eigenvalue weighted by molar-refractivity contribution is 5.82. The van der Waals surface area contributed by atoms with E-state index in [0.717, 1.165) is 0 Å². The second-order valence-corrected chi connectivity index (χ2v) is 1.93. The molecule has 0 saturated carbocycles. The van der Waals surface area contributed by atoms with E-state index < -0.39 is 0 Å². The van der Waals surface area contributed by atoms with E-state index in [1.165, 1.54) is 6.07 Å².